The van der Waals surface area contributed by atoms with Crippen molar-refractivity contribution in [1.29, 1.82) is 0 Å². The van der Waals surface area contributed by atoms with Crippen LogP contribution in [-0.4, -0.2) is 88.8 Å². The van der Waals surface area contributed by atoms with Gasteiger partial charge in [0.2, 0.25) is 29.5 Å². The van der Waals surface area contributed by atoms with E-state index >= 15 is 0 Å². The summed E-state index contributed by atoms with van der Waals surface area (Å²) in [7, 11) is 0. The van der Waals surface area contributed by atoms with Crippen LogP contribution in [0.2, 0.25) is 0 Å². The first-order valence-corrected chi connectivity index (χ1v) is 17.7. The van der Waals surface area contributed by atoms with Crippen LogP contribution in [0, 0.1) is 11.8 Å². The first-order valence-electron chi connectivity index (χ1n) is 17.7. The number of benzene rings is 1. The third-order valence-corrected chi connectivity index (χ3v) is 8.32. The zero-order valence-corrected chi connectivity index (χ0v) is 31.1. The van der Waals surface area contributed by atoms with Crippen molar-refractivity contribution in [2.45, 2.75) is 116 Å². The fourth-order valence-electron chi connectivity index (χ4n) is 5.83. The van der Waals surface area contributed by atoms with Crippen LogP contribution in [0.1, 0.15) is 79.7 Å². The Morgan fingerprint density at radius 1 is 0.808 bits per heavy atom. The number of fused-ring (bicyclic) bond motifs is 1. The van der Waals surface area contributed by atoms with E-state index in [0.717, 1.165) is 10.9 Å². The van der Waals surface area contributed by atoms with Crippen LogP contribution >= 0.6 is 0 Å². The lowest BCUT2D eigenvalue weighted by Crippen LogP contribution is -2.59. The summed E-state index contributed by atoms with van der Waals surface area (Å²) in [6.07, 6.45) is 1.71. The molecule has 1 aliphatic heterocycles. The Bertz CT molecular complexity index is 1620. The largest absolute Gasteiger partial charge is 0.460 e. The van der Waals surface area contributed by atoms with E-state index in [1.54, 1.807) is 40.8 Å². The van der Waals surface area contributed by atoms with Crippen molar-refractivity contribution in [3.63, 3.8) is 0 Å². The molecule has 10 N–H and O–H groups in total. The Morgan fingerprint density at radius 3 is 2.02 bits per heavy atom. The van der Waals surface area contributed by atoms with Crippen LogP contribution in [-0.2, 0) is 39.9 Å². The molecule has 2 aromatic rings. The van der Waals surface area contributed by atoms with Crippen molar-refractivity contribution in [2.24, 2.45) is 28.3 Å². The second-order valence-corrected chi connectivity index (χ2v) is 14.9. The Balaban J connectivity index is 2.11. The molecule has 1 aromatic carbocycles. The van der Waals surface area contributed by atoms with Gasteiger partial charge >= 0.3 is 5.97 Å². The molecule has 0 unspecified atom stereocenters. The molecule has 0 aliphatic carbocycles. The highest BCUT2D eigenvalue weighted by atomic mass is 16.6. The summed E-state index contributed by atoms with van der Waals surface area (Å²) < 4.78 is 5.47. The normalized spacial score (nSPS) is 22.4. The van der Waals surface area contributed by atoms with Gasteiger partial charge in [-0.15, -0.1) is 0 Å². The Labute approximate surface area is 304 Å². The van der Waals surface area contributed by atoms with Gasteiger partial charge in [-0.25, -0.2) is 0 Å². The van der Waals surface area contributed by atoms with E-state index in [0.29, 0.717) is 5.56 Å². The van der Waals surface area contributed by atoms with Crippen LogP contribution in [0.25, 0.3) is 10.9 Å². The lowest BCUT2D eigenvalue weighted by molar-refractivity contribution is -0.156. The highest BCUT2D eigenvalue weighted by molar-refractivity contribution is 5.99. The molecule has 1 fully saturated rings. The van der Waals surface area contributed by atoms with Crippen molar-refractivity contribution < 1.29 is 33.5 Å². The fourth-order valence-corrected chi connectivity index (χ4v) is 5.83. The molecule has 3 rings (SSSR count). The number of para-hydroxylation sites is 1. The van der Waals surface area contributed by atoms with E-state index in [1.807, 2.05) is 38.1 Å². The number of guanidine groups is 1. The highest BCUT2D eigenvalue weighted by Gasteiger charge is 2.37. The number of ether oxygens (including phenoxy) is 1. The van der Waals surface area contributed by atoms with Gasteiger partial charge in [0.1, 0.15) is 35.8 Å². The third kappa shape index (κ3) is 12.6. The number of aliphatic imine (C=N–C) groups is 1. The summed E-state index contributed by atoms with van der Waals surface area (Å²) in [5.74, 6) is -4.92. The summed E-state index contributed by atoms with van der Waals surface area (Å²) in [4.78, 5) is 89.8. The maximum atomic E-state index is 14.2. The van der Waals surface area contributed by atoms with Crippen molar-refractivity contribution in [2.75, 3.05) is 6.54 Å². The number of nitrogens with zero attached hydrogens (tertiary/aromatic N) is 1. The number of aromatic amines is 1. The summed E-state index contributed by atoms with van der Waals surface area (Å²) >= 11 is 0. The molecule has 1 aliphatic rings. The standard InChI is InChI=1S/C36H55N9O7/c1-19(2)15-25-31(48)42-26(16-21-18-40-23-12-9-8-11-22(21)23)32(49)43-27(17-28(46)52-36(5,6)7)33(50)41-24(13-10-14-39-35(37)38)30(47)45-29(20(3)4)34(51)44-25/h8-9,11-12,18-20,24-27,29,40H,10,13-17H2,1-7H3,(H,41,50)(H,42,48)(H,43,49)(H,44,51)(H,45,47)(H4,37,38,39)/t24-,25-,26+,27+,29+/m0/s1. The van der Waals surface area contributed by atoms with Gasteiger partial charge in [-0.3, -0.25) is 33.8 Å². The molecule has 1 aromatic heterocycles. The average molecular weight is 726 g/mol. The molecule has 0 saturated carbocycles. The topological polar surface area (TPSA) is 252 Å². The molecular weight excluding hydrogens is 670 g/mol. The fraction of sp³-hybridized carbons (Fsp3) is 0.583. The van der Waals surface area contributed by atoms with Crippen LogP contribution in [0.3, 0.4) is 0 Å². The SMILES string of the molecule is CC(C)C[C@@H]1NC(=O)[C@@H](C(C)C)NC(=O)[C@H](CCCN=C(N)N)NC(=O)[C@@H](CC(=O)OC(C)(C)C)NC(=O)[C@@H](Cc2c[nH]c3ccccc23)NC1=O. The van der Waals surface area contributed by atoms with Crippen molar-refractivity contribution in [3.8, 4) is 0 Å². The number of hydrogen-bond acceptors (Lipinski definition) is 8. The van der Waals surface area contributed by atoms with E-state index in [4.69, 9.17) is 16.2 Å². The Hall–Kier alpha value is -5.15. The van der Waals surface area contributed by atoms with Crippen LogP contribution in [0.5, 0.6) is 0 Å². The summed E-state index contributed by atoms with van der Waals surface area (Å²) in [5, 5.41) is 14.4. The number of H-pyrrole nitrogens is 1. The lowest BCUT2D eigenvalue weighted by Gasteiger charge is -2.28. The number of nitrogens with one attached hydrogen (secondary N) is 6. The van der Waals surface area contributed by atoms with E-state index in [9.17, 15) is 28.8 Å². The zero-order valence-electron chi connectivity index (χ0n) is 31.1. The molecule has 0 radical (unpaired) electrons. The molecule has 1 saturated heterocycles. The van der Waals surface area contributed by atoms with Gasteiger partial charge in [0, 0.05) is 30.1 Å². The summed E-state index contributed by atoms with van der Waals surface area (Å²) in [6.45, 7) is 12.4. The minimum atomic E-state index is -1.50. The molecule has 16 heteroatoms. The van der Waals surface area contributed by atoms with E-state index in [-0.39, 0.29) is 44.1 Å². The van der Waals surface area contributed by atoms with Gasteiger partial charge in [0.05, 0.1) is 6.42 Å². The maximum Gasteiger partial charge on any atom is 0.308 e. The summed E-state index contributed by atoms with van der Waals surface area (Å²) in [5.41, 5.74) is 11.5. The monoisotopic (exact) mass is 725 g/mol. The van der Waals surface area contributed by atoms with Crippen molar-refractivity contribution in [1.82, 2.24) is 31.6 Å². The number of esters is 1. The number of carbonyl (C=O) groups excluding carboxylic acids is 6. The molecule has 286 valence electrons. The van der Waals surface area contributed by atoms with Gasteiger partial charge in [-0.2, -0.15) is 0 Å². The van der Waals surface area contributed by atoms with Gasteiger partial charge in [0.25, 0.3) is 0 Å². The number of carbonyl (C=O) groups is 6. The van der Waals surface area contributed by atoms with Crippen LogP contribution in [0.15, 0.2) is 35.5 Å². The summed E-state index contributed by atoms with van der Waals surface area (Å²) in [6, 6.07) is 1.33. The maximum absolute atomic E-state index is 14.2. The van der Waals surface area contributed by atoms with Gasteiger partial charge in [-0.05, 0) is 63.5 Å². The Morgan fingerprint density at radius 2 is 1.38 bits per heavy atom. The average Bonchev–Trinajstić information content (AvgIpc) is 3.44. The van der Waals surface area contributed by atoms with Crippen molar-refractivity contribution in [3.05, 3.63) is 36.0 Å². The molecule has 16 nitrogen and oxygen atoms in total. The molecule has 0 bridgehead atoms. The van der Waals surface area contributed by atoms with E-state index < -0.39 is 83.7 Å². The minimum Gasteiger partial charge on any atom is -0.460 e. The predicted octanol–water partition coefficient (Wildman–Crippen LogP) is 0.636. The lowest BCUT2D eigenvalue weighted by atomic mass is 9.98. The smallest absolute Gasteiger partial charge is 0.308 e. The zero-order chi connectivity index (χ0) is 38.7. The Kier molecular flexibility index (Phi) is 14.6. The molecule has 5 amide bonds. The number of aromatic nitrogens is 1. The first-order chi connectivity index (χ1) is 24.3. The minimum absolute atomic E-state index is 0.00673. The molecule has 5 atom stereocenters. The number of amides is 5. The van der Waals surface area contributed by atoms with Gasteiger partial charge in [0.15, 0.2) is 5.96 Å². The third-order valence-electron chi connectivity index (χ3n) is 8.32. The van der Waals surface area contributed by atoms with E-state index in [1.165, 1.54) is 0 Å². The molecule has 52 heavy (non-hydrogen) atoms. The second-order valence-electron chi connectivity index (χ2n) is 14.9. The first kappa shape index (κ1) is 41.3. The predicted molar refractivity (Wildman–Crippen MR) is 196 cm³/mol. The van der Waals surface area contributed by atoms with E-state index in [2.05, 4.69) is 36.6 Å². The number of nitrogens with two attached hydrogens (primary N) is 2. The van der Waals surface area contributed by atoms with Crippen molar-refractivity contribution >= 4 is 52.4 Å². The van der Waals surface area contributed by atoms with Gasteiger partial charge in [-0.1, -0.05) is 45.9 Å². The second kappa shape index (κ2) is 18.4. The molecule has 2 heterocycles. The van der Waals surface area contributed by atoms with Gasteiger partial charge < -0.3 is 47.8 Å². The van der Waals surface area contributed by atoms with Crippen LogP contribution in [0.4, 0.5) is 0 Å². The number of rotatable bonds is 11. The number of hydrogen-bond donors (Lipinski definition) is 8. The molecular formula is C36H55N9O7. The highest BCUT2D eigenvalue weighted by Crippen LogP contribution is 2.20. The van der Waals surface area contributed by atoms with Crippen LogP contribution < -0.4 is 38.1 Å². The molecule has 0 spiro atoms. The quantitative estimate of drug-likeness (QED) is 0.0699.